The molecular weight excluding hydrogens is 324 g/mol. The fraction of sp³-hybridized carbons (Fsp3) is 0.571. The Kier molecular flexibility index (Phi) is 3.66. The molecule has 5 nitrogen and oxygen atoms in total. The van der Waals surface area contributed by atoms with E-state index in [-0.39, 0.29) is 11.9 Å². The zero-order chi connectivity index (χ0) is 17.7. The average molecular weight is 350 g/mol. The first-order chi connectivity index (χ1) is 12.6. The van der Waals surface area contributed by atoms with Crippen LogP contribution in [0, 0.1) is 17.8 Å². The molecule has 1 aromatic carbocycles. The summed E-state index contributed by atoms with van der Waals surface area (Å²) in [6.07, 6.45) is 11.5. The van der Waals surface area contributed by atoms with Crippen molar-refractivity contribution in [2.45, 2.75) is 56.9 Å². The summed E-state index contributed by atoms with van der Waals surface area (Å²) >= 11 is 0. The van der Waals surface area contributed by atoms with E-state index >= 15 is 0 Å². The normalized spacial score (nSPS) is 33.2. The number of carbonyl (C=O) groups is 1. The van der Waals surface area contributed by atoms with Crippen LogP contribution in [0.2, 0.25) is 0 Å². The molecule has 1 N–H and O–H groups in total. The molecule has 1 amide bonds. The molecule has 2 aromatic rings. The van der Waals surface area contributed by atoms with E-state index in [9.17, 15) is 4.79 Å². The Labute approximate surface area is 154 Å². The molecule has 4 bridgehead atoms. The predicted octanol–water partition coefficient (Wildman–Crippen LogP) is 3.95. The first kappa shape index (κ1) is 16.0. The second-order valence-corrected chi connectivity index (χ2v) is 8.82. The molecule has 0 spiro atoms. The number of rotatable bonds is 4. The largest absolute Gasteiger partial charge is 0.324 e. The van der Waals surface area contributed by atoms with E-state index in [1.165, 1.54) is 50.4 Å². The molecule has 1 atom stereocenters. The van der Waals surface area contributed by atoms with E-state index in [2.05, 4.69) is 39.7 Å². The highest BCUT2D eigenvalue weighted by Gasteiger charge is 2.51. The average Bonchev–Trinajstić information content (AvgIpc) is 3.15. The van der Waals surface area contributed by atoms with Gasteiger partial charge in [-0.25, -0.2) is 9.67 Å². The van der Waals surface area contributed by atoms with Crippen molar-refractivity contribution in [1.82, 2.24) is 14.8 Å². The second-order valence-electron chi connectivity index (χ2n) is 8.82. The van der Waals surface area contributed by atoms with Gasteiger partial charge in [0.25, 0.3) is 0 Å². The van der Waals surface area contributed by atoms with Gasteiger partial charge in [0, 0.05) is 5.69 Å². The van der Waals surface area contributed by atoms with Gasteiger partial charge in [0.05, 0.1) is 0 Å². The van der Waals surface area contributed by atoms with Crippen LogP contribution in [-0.2, 0) is 10.2 Å². The van der Waals surface area contributed by atoms with E-state index in [1.807, 2.05) is 6.92 Å². The molecule has 26 heavy (non-hydrogen) atoms. The maximum absolute atomic E-state index is 12.4. The van der Waals surface area contributed by atoms with E-state index in [1.54, 1.807) is 11.0 Å². The van der Waals surface area contributed by atoms with Crippen LogP contribution >= 0.6 is 0 Å². The lowest BCUT2D eigenvalue weighted by Crippen LogP contribution is -2.48. The molecule has 5 heteroatoms. The summed E-state index contributed by atoms with van der Waals surface area (Å²) in [7, 11) is 0. The Balaban J connectivity index is 1.31. The van der Waals surface area contributed by atoms with Gasteiger partial charge in [-0.15, -0.1) is 0 Å². The first-order valence-corrected chi connectivity index (χ1v) is 9.87. The van der Waals surface area contributed by atoms with Crippen molar-refractivity contribution in [3.63, 3.8) is 0 Å². The van der Waals surface area contributed by atoms with Crippen LogP contribution in [0.1, 0.15) is 57.1 Å². The predicted molar refractivity (Wildman–Crippen MR) is 99.7 cm³/mol. The molecule has 0 saturated heterocycles. The quantitative estimate of drug-likeness (QED) is 0.908. The SMILES string of the molecule is CC(C(=O)Nc1ccc(C23CC4CC(CC(C4)C2)C3)cc1)n1cncn1. The fourth-order valence-corrected chi connectivity index (χ4v) is 6.16. The summed E-state index contributed by atoms with van der Waals surface area (Å²) in [6, 6.07) is 8.27. The van der Waals surface area contributed by atoms with Gasteiger partial charge in [0.1, 0.15) is 18.7 Å². The highest BCUT2D eigenvalue weighted by atomic mass is 16.2. The maximum Gasteiger partial charge on any atom is 0.249 e. The summed E-state index contributed by atoms with van der Waals surface area (Å²) in [5.74, 6) is 2.77. The Hall–Kier alpha value is -2.17. The molecule has 4 saturated carbocycles. The minimum Gasteiger partial charge on any atom is -0.324 e. The first-order valence-electron chi connectivity index (χ1n) is 9.87. The molecule has 4 aliphatic rings. The Morgan fingerprint density at radius 2 is 1.73 bits per heavy atom. The van der Waals surface area contributed by atoms with Crippen molar-refractivity contribution in [2.24, 2.45) is 17.8 Å². The topological polar surface area (TPSA) is 59.8 Å². The highest BCUT2D eigenvalue weighted by Crippen LogP contribution is 2.60. The lowest BCUT2D eigenvalue weighted by Gasteiger charge is -2.57. The van der Waals surface area contributed by atoms with Crippen molar-refractivity contribution in [1.29, 1.82) is 0 Å². The summed E-state index contributed by atoms with van der Waals surface area (Å²) in [6.45, 7) is 1.83. The zero-order valence-corrected chi connectivity index (χ0v) is 15.3. The van der Waals surface area contributed by atoms with Gasteiger partial charge in [-0.3, -0.25) is 4.79 Å². The van der Waals surface area contributed by atoms with Gasteiger partial charge in [-0.05, 0) is 86.3 Å². The third-order valence-corrected chi connectivity index (χ3v) is 7.02. The van der Waals surface area contributed by atoms with Crippen LogP contribution < -0.4 is 5.32 Å². The molecule has 6 rings (SSSR count). The molecule has 1 heterocycles. The van der Waals surface area contributed by atoms with Crippen LogP contribution in [0.5, 0.6) is 0 Å². The smallest absolute Gasteiger partial charge is 0.249 e. The van der Waals surface area contributed by atoms with Gasteiger partial charge >= 0.3 is 0 Å². The van der Waals surface area contributed by atoms with Crippen LogP contribution in [0.15, 0.2) is 36.9 Å². The molecule has 0 radical (unpaired) electrons. The third kappa shape index (κ3) is 2.65. The number of aromatic nitrogens is 3. The van der Waals surface area contributed by atoms with Crippen LogP contribution in [0.25, 0.3) is 0 Å². The van der Waals surface area contributed by atoms with E-state index in [0.717, 1.165) is 23.4 Å². The minimum absolute atomic E-state index is 0.0712. The van der Waals surface area contributed by atoms with Gasteiger partial charge in [-0.1, -0.05) is 12.1 Å². The van der Waals surface area contributed by atoms with Crippen molar-refractivity contribution in [2.75, 3.05) is 5.32 Å². The zero-order valence-electron chi connectivity index (χ0n) is 15.3. The van der Waals surface area contributed by atoms with Gasteiger partial charge < -0.3 is 5.32 Å². The Morgan fingerprint density at radius 1 is 1.12 bits per heavy atom. The molecule has 0 aliphatic heterocycles. The number of hydrogen-bond donors (Lipinski definition) is 1. The van der Waals surface area contributed by atoms with Crippen molar-refractivity contribution in [3.05, 3.63) is 42.5 Å². The Morgan fingerprint density at radius 3 is 2.27 bits per heavy atom. The third-order valence-electron chi connectivity index (χ3n) is 7.02. The minimum atomic E-state index is -0.375. The van der Waals surface area contributed by atoms with E-state index in [4.69, 9.17) is 0 Å². The summed E-state index contributed by atoms with van der Waals surface area (Å²) in [5.41, 5.74) is 2.75. The van der Waals surface area contributed by atoms with Gasteiger partial charge in [0.2, 0.25) is 5.91 Å². The number of benzene rings is 1. The maximum atomic E-state index is 12.4. The number of anilines is 1. The summed E-state index contributed by atoms with van der Waals surface area (Å²) < 4.78 is 1.57. The van der Waals surface area contributed by atoms with Crippen LogP contribution in [0.3, 0.4) is 0 Å². The monoisotopic (exact) mass is 350 g/mol. The van der Waals surface area contributed by atoms with Crippen LogP contribution in [0.4, 0.5) is 5.69 Å². The molecular formula is C21H26N4O. The summed E-state index contributed by atoms with van der Waals surface area (Å²) in [4.78, 5) is 16.3. The van der Waals surface area contributed by atoms with Crippen molar-refractivity contribution < 1.29 is 4.79 Å². The van der Waals surface area contributed by atoms with Crippen LogP contribution in [-0.4, -0.2) is 20.7 Å². The van der Waals surface area contributed by atoms with E-state index < -0.39 is 0 Å². The Bertz CT molecular complexity index is 761. The molecule has 4 fully saturated rings. The fourth-order valence-electron chi connectivity index (χ4n) is 6.16. The number of hydrogen-bond acceptors (Lipinski definition) is 3. The number of carbonyl (C=O) groups excluding carboxylic acids is 1. The number of nitrogens with one attached hydrogen (secondary N) is 1. The molecule has 4 aliphatic carbocycles. The second kappa shape index (κ2) is 5.93. The number of nitrogens with zero attached hydrogens (tertiary/aromatic N) is 3. The number of amides is 1. The summed E-state index contributed by atoms with van der Waals surface area (Å²) in [5, 5.41) is 7.05. The van der Waals surface area contributed by atoms with Crippen molar-refractivity contribution in [3.8, 4) is 0 Å². The van der Waals surface area contributed by atoms with Gasteiger partial charge in [-0.2, -0.15) is 5.10 Å². The standard InChI is InChI=1S/C21H26N4O/c1-14(25-13-22-12-23-25)20(26)24-19-4-2-18(3-5-19)21-9-15-6-16(10-21)8-17(7-15)11-21/h2-5,12-17H,6-11H2,1H3,(H,24,26). The van der Waals surface area contributed by atoms with E-state index in [0.29, 0.717) is 5.41 Å². The lowest BCUT2D eigenvalue weighted by molar-refractivity contribution is -0.119. The molecule has 1 aromatic heterocycles. The molecule has 136 valence electrons. The van der Waals surface area contributed by atoms with Gasteiger partial charge in [0.15, 0.2) is 0 Å². The lowest BCUT2D eigenvalue weighted by atomic mass is 9.48. The van der Waals surface area contributed by atoms with Crippen molar-refractivity contribution >= 4 is 11.6 Å². The highest BCUT2D eigenvalue weighted by molar-refractivity contribution is 5.93. The molecule has 1 unspecified atom stereocenters.